The Labute approximate surface area is 132 Å². The standard InChI is InChI=1S/C18H24N2O2/c1-13-12-16(20-10-6-4-5-7-11-20)19-18-15(22-3)9-8-14(21-2)17(13)18/h8-9,12H,4-7,10-11H2,1-3H3/p+1. The summed E-state index contributed by atoms with van der Waals surface area (Å²) in [5, 5.41) is 1.10. The van der Waals surface area contributed by atoms with Gasteiger partial charge in [0.05, 0.1) is 32.7 Å². The molecular formula is C18H25N2O2+. The molecule has 4 nitrogen and oxygen atoms in total. The summed E-state index contributed by atoms with van der Waals surface area (Å²) in [5.74, 6) is 2.92. The van der Waals surface area contributed by atoms with Gasteiger partial charge in [-0.25, -0.2) is 4.98 Å². The van der Waals surface area contributed by atoms with Gasteiger partial charge in [0.2, 0.25) is 0 Å². The van der Waals surface area contributed by atoms with Crippen LogP contribution in [0, 0.1) is 6.92 Å². The van der Waals surface area contributed by atoms with Crippen LogP contribution in [0.25, 0.3) is 10.9 Å². The zero-order valence-electron chi connectivity index (χ0n) is 13.7. The van der Waals surface area contributed by atoms with Crippen LogP contribution in [0.2, 0.25) is 0 Å². The van der Waals surface area contributed by atoms with E-state index < -0.39 is 0 Å². The molecule has 1 saturated heterocycles. The highest BCUT2D eigenvalue weighted by atomic mass is 16.5. The summed E-state index contributed by atoms with van der Waals surface area (Å²) in [5.41, 5.74) is 2.23. The van der Waals surface area contributed by atoms with Crippen LogP contribution in [-0.4, -0.2) is 27.3 Å². The molecule has 1 aromatic heterocycles. The normalized spacial score (nSPS) is 15.7. The molecule has 2 heterocycles. The van der Waals surface area contributed by atoms with E-state index in [4.69, 9.17) is 9.47 Å². The van der Waals surface area contributed by atoms with E-state index in [0.29, 0.717) is 0 Å². The number of aromatic amines is 1. The van der Waals surface area contributed by atoms with Crippen LogP contribution >= 0.6 is 0 Å². The molecule has 0 bridgehead atoms. The molecule has 118 valence electrons. The predicted molar refractivity (Wildman–Crippen MR) is 89.0 cm³/mol. The van der Waals surface area contributed by atoms with Crippen LogP contribution in [0.5, 0.6) is 11.5 Å². The predicted octanol–water partition coefficient (Wildman–Crippen LogP) is 3.36. The van der Waals surface area contributed by atoms with Gasteiger partial charge < -0.3 is 9.47 Å². The van der Waals surface area contributed by atoms with Gasteiger partial charge in [-0.1, -0.05) is 0 Å². The maximum absolute atomic E-state index is 5.54. The Balaban J connectivity index is 2.13. The van der Waals surface area contributed by atoms with E-state index in [9.17, 15) is 0 Å². The van der Waals surface area contributed by atoms with Crippen molar-refractivity contribution in [2.75, 3.05) is 32.2 Å². The number of aromatic nitrogens is 1. The third kappa shape index (κ3) is 2.70. The molecule has 1 aliphatic rings. The maximum Gasteiger partial charge on any atom is 0.275 e. The largest absolute Gasteiger partial charge is 0.496 e. The maximum atomic E-state index is 5.54. The minimum atomic E-state index is 0.857. The number of nitrogens with zero attached hydrogens (tertiary/aromatic N) is 1. The summed E-state index contributed by atoms with van der Waals surface area (Å²) in [7, 11) is 3.42. The highest BCUT2D eigenvalue weighted by molar-refractivity contribution is 5.91. The first-order chi connectivity index (χ1) is 10.7. The Bertz CT molecular complexity index is 662. The number of fused-ring (bicyclic) bond motifs is 1. The molecule has 1 aromatic carbocycles. The second-order valence-electron chi connectivity index (χ2n) is 5.96. The molecule has 1 aliphatic heterocycles. The number of nitrogens with one attached hydrogen (secondary N) is 1. The third-order valence-corrected chi connectivity index (χ3v) is 4.52. The van der Waals surface area contributed by atoms with Crippen molar-refractivity contribution in [3.05, 3.63) is 23.8 Å². The Kier molecular flexibility index (Phi) is 4.36. The molecule has 1 fully saturated rings. The fourth-order valence-corrected chi connectivity index (χ4v) is 3.34. The second kappa shape index (κ2) is 6.42. The smallest absolute Gasteiger partial charge is 0.275 e. The van der Waals surface area contributed by atoms with Crippen molar-refractivity contribution in [3.63, 3.8) is 0 Å². The Hall–Kier alpha value is -1.97. The molecule has 0 saturated carbocycles. The van der Waals surface area contributed by atoms with Crippen LogP contribution < -0.4 is 19.4 Å². The monoisotopic (exact) mass is 301 g/mol. The molecule has 3 rings (SSSR count). The molecule has 0 radical (unpaired) electrons. The third-order valence-electron chi connectivity index (χ3n) is 4.52. The van der Waals surface area contributed by atoms with Gasteiger partial charge in [0, 0.05) is 6.07 Å². The molecular weight excluding hydrogens is 276 g/mol. The fraction of sp³-hybridized carbons (Fsp3) is 0.500. The van der Waals surface area contributed by atoms with Crippen molar-refractivity contribution in [2.24, 2.45) is 0 Å². The summed E-state index contributed by atoms with van der Waals surface area (Å²) in [6, 6.07) is 6.16. The van der Waals surface area contributed by atoms with Gasteiger partial charge in [0.25, 0.3) is 5.82 Å². The minimum absolute atomic E-state index is 0.857. The van der Waals surface area contributed by atoms with E-state index in [0.717, 1.165) is 35.5 Å². The lowest BCUT2D eigenvalue weighted by Gasteiger charge is -2.16. The lowest BCUT2D eigenvalue weighted by atomic mass is 10.1. The minimum Gasteiger partial charge on any atom is -0.496 e. The van der Waals surface area contributed by atoms with Gasteiger partial charge in [-0.15, -0.1) is 0 Å². The Morgan fingerprint density at radius 3 is 2.23 bits per heavy atom. The first-order valence-corrected chi connectivity index (χ1v) is 8.07. The van der Waals surface area contributed by atoms with E-state index in [1.54, 1.807) is 14.2 Å². The van der Waals surface area contributed by atoms with Gasteiger partial charge in [-0.2, -0.15) is 0 Å². The topological polar surface area (TPSA) is 35.8 Å². The Morgan fingerprint density at radius 2 is 1.59 bits per heavy atom. The van der Waals surface area contributed by atoms with E-state index in [2.05, 4.69) is 22.9 Å². The molecule has 22 heavy (non-hydrogen) atoms. The van der Waals surface area contributed by atoms with E-state index in [1.165, 1.54) is 37.1 Å². The molecule has 0 unspecified atom stereocenters. The average Bonchev–Trinajstić information content (AvgIpc) is 2.83. The van der Waals surface area contributed by atoms with Gasteiger partial charge in [0.15, 0.2) is 11.3 Å². The van der Waals surface area contributed by atoms with Crippen molar-refractivity contribution in [1.29, 1.82) is 0 Å². The zero-order valence-corrected chi connectivity index (χ0v) is 13.7. The number of hydrogen-bond donors (Lipinski definition) is 0. The molecule has 4 heteroatoms. The average molecular weight is 301 g/mol. The van der Waals surface area contributed by atoms with Crippen LogP contribution in [0.1, 0.15) is 31.2 Å². The van der Waals surface area contributed by atoms with Crippen molar-refractivity contribution in [2.45, 2.75) is 32.6 Å². The number of aryl methyl sites for hydroxylation is 1. The number of pyridine rings is 1. The van der Waals surface area contributed by atoms with E-state index in [-0.39, 0.29) is 0 Å². The lowest BCUT2D eigenvalue weighted by molar-refractivity contribution is -0.331. The molecule has 0 aliphatic carbocycles. The number of H-pyrrole nitrogens is 1. The molecule has 0 amide bonds. The molecule has 1 N–H and O–H groups in total. The van der Waals surface area contributed by atoms with Crippen LogP contribution in [0.15, 0.2) is 18.2 Å². The number of hydrogen-bond acceptors (Lipinski definition) is 3. The number of ether oxygens (including phenoxy) is 2. The van der Waals surface area contributed by atoms with Crippen molar-refractivity contribution < 1.29 is 14.5 Å². The summed E-state index contributed by atoms with van der Waals surface area (Å²) in [4.78, 5) is 6.04. The molecule has 0 spiro atoms. The van der Waals surface area contributed by atoms with Gasteiger partial charge in [0.1, 0.15) is 5.75 Å². The number of anilines is 1. The van der Waals surface area contributed by atoms with Gasteiger partial charge in [-0.05, 0) is 50.3 Å². The summed E-state index contributed by atoms with van der Waals surface area (Å²) >= 11 is 0. The van der Waals surface area contributed by atoms with Gasteiger partial charge in [-0.3, -0.25) is 4.90 Å². The number of benzene rings is 1. The lowest BCUT2D eigenvalue weighted by Crippen LogP contribution is -2.30. The van der Waals surface area contributed by atoms with E-state index >= 15 is 0 Å². The summed E-state index contributed by atoms with van der Waals surface area (Å²) in [6.45, 7) is 4.38. The first-order valence-electron chi connectivity index (χ1n) is 8.07. The quantitative estimate of drug-likeness (QED) is 0.872. The molecule has 0 atom stereocenters. The SMILES string of the molecule is COc1ccc(OC)c2c(C)cc(N3CCCCCC3)[nH+]c12. The Morgan fingerprint density at radius 1 is 0.955 bits per heavy atom. The second-order valence-corrected chi connectivity index (χ2v) is 5.96. The van der Waals surface area contributed by atoms with E-state index in [1.807, 2.05) is 12.1 Å². The van der Waals surface area contributed by atoms with Crippen LogP contribution in [-0.2, 0) is 0 Å². The van der Waals surface area contributed by atoms with Crippen molar-refractivity contribution in [1.82, 2.24) is 0 Å². The highest BCUT2D eigenvalue weighted by Gasteiger charge is 2.22. The zero-order chi connectivity index (χ0) is 15.5. The van der Waals surface area contributed by atoms with Crippen LogP contribution in [0.4, 0.5) is 5.82 Å². The summed E-state index contributed by atoms with van der Waals surface area (Å²) < 4.78 is 11.1. The van der Waals surface area contributed by atoms with Crippen molar-refractivity contribution in [3.8, 4) is 11.5 Å². The highest BCUT2D eigenvalue weighted by Crippen LogP contribution is 2.34. The fourth-order valence-electron chi connectivity index (χ4n) is 3.34. The van der Waals surface area contributed by atoms with Crippen molar-refractivity contribution >= 4 is 16.7 Å². The van der Waals surface area contributed by atoms with Crippen LogP contribution in [0.3, 0.4) is 0 Å². The number of methoxy groups -OCH3 is 2. The molecule has 2 aromatic rings. The summed E-state index contributed by atoms with van der Waals surface area (Å²) in [6.07, 6.45) is 5.20. The van der Waals surface area contributed by atoms with Gasteiger partial charge >= 0.3 is 0 Å². The number of rotatable bonds is 3. The first kappa shape index (κ1) is 14.9.